The molecule has 0 radical (unpaired) electrons. The Balaban J connectivity index is 1.61. The fraction of sp³-hybridized carbons (Fsp3) is 0.625. The Morgan fingerprint density at radius 3 is 2.87 bits per heavy atom. The lowest BCUT2D eigenvalue weighted by Gasteiger charge is -2.11. The van der Waals surface area contributed by atoms with E-state index < -0.39 is 0 Å². The van der Waals surface area contributed by atoms with Gasteiger partial charge in [-0.05, 0) is 45.3 Å². The van der Waals surface area contributed by atoms with E-state index in [-0.39, 0.29) is 0 Å². The quantitative estimate of drug-likeness (QED) is 0.454. The predicted octanol–water partition coefficient (Wildman–Crippen LogP) is 2.40. The molecule has 1 aliphatic carbocycles. The second-order valence-electron chi connectivity index (χ2n) is 6.18. The van der Waals surface area contributed by atoms with Crippen molar-refractivity contribution >= 4 is 39.1 Å². The largest absolute Gasteiger partial charge is 0.383 e. The Morgan fingerprint density at radius 2 is 2.04 bits per heavy atom. The highest BCUT2D eigenvalue weighted by Crippen LogP contribution is 2.38. The van der Waals surface area contributed by atoms with E-state index in [1.54, 1.807) is 11.8 Å². The van der Waals surface area contributed by atoms with Crippen molar-refractivity contribution in [1.82, 2.24) is 20.2 Å². The second-order valence-corrected chi connectivity index (χ2v) is 8.33. The van der Waals surface area contributed by atoms with Gasteiger partial charge in [0.1, 0.15) is 10.6 Å². The number of likely N-dealkylation sites (N-methyl/N-ethyl adjacent to an activating group) is 1. The zero-order chi connectivity index (χ0) is 16.2. The molecule has 2 aromatic heterocycles. The first-order valence-corrected chi connectivity index (χ1v) is 10.0. The zero-order valence-electron chi connectivity index (χ0n) is 13.9. The minimum atomic E-state index is 0.664. The highest BCUT2D eigenvalue weighted by Gasteiger charge is 2.20. The normalized spacial score (nSPS) is 14.6. The number of aryl methyl sites for hydroxylation is 2. The van der Waals surface area contributed by atoms with E-state index in [0.717, 1.165) is 47.2 Å². The van der Waals surface area contributed by atoms with Gasteiger partial charge in [-0.1, -0.05) is 11.8 Å². The molecule has 0 saturated heterocycles. The summed E-state index contributed by atoms with van der Waals surface area (Å²) in [4.78, 5) is 14.0. The van der Waals surface area contributed by atoms with Crippen molar-refractivity contribution in [2.24, 2.45) is 0 Å². The zero-order valence-corrected chi connectivity index (χ0v) is 15.5. The van der Waals surface area contributed by atoms with Crippen molar-refractivity contribution in [1.29, 1.82) is 0 Å². The van der Waals surface area contributed by atoms with Crippen molar-refractivity contribution in [2.75, 3.05) is 45.2 Å². The molecule has 1 aliphatic rings. The first-order valence-electron chi connectivity index (χ1n) is 8.21. The van der Waals surface area contributed by atoms with Crippen molar-refractivity contribution in [3.8, 4) is 0 Å². The number of rotatable bonds is 7. The standard InChI is InChI=1S/C16H25N5S2/c1-21(2)9-7-18-8-10-22-16-19-14(17)13-11-5-3-4-6-12(11)23-15(13)20-16/h18H,3-10H2,1-2H3,(H2,17,19,20). The highest BCUT2D eigenvalue weighted by atomic mass is 32.2. The van der Waals surface area contributed by atoms with Gasteiger partial charge in [0.15, 0.2) is 5.16 Å². The summed E-state index contributed by atoms with van der Waals surface area (Å²) >= 11 is 3.50. The summed E-state index contributed by atoms with van der Waals surface area (Å²) in [7, 11) is 4.17. The second kappa shape index (κ2) is 7.79. The van der Waals surface area contributed by atoms with Gasteiger partial charge in [0.05, 0.1) is 5.39 Å². The molecule has 2 aromatic rings. The molecule has 0 aromatic carbocycles. The Kier molecular flexibility index (Phi) is 5.74. The molecular weight excluding hydrogens is 326 g/mol. The van der Waals surface area contributed by atoms with Crippen molar-refractivity contribution in [3.63, 3.8) is 0 Å². The molecule has 0 bridgehead atoms. The van der Waals surface area contributed by atoms with Crippen LogP contribution in [0.25, 0.3) is 10.2 Å². The molecule has 3 rings (SSSR count). The number of hydrogen-bond acceptors (Lipinski definition) is 7. The van der Waals surface area contributed by atoms with Gasteiger partial charge in [-0.2, -0.15) is 0 Å². The van der Waals surface area contributed by atoms with Crippen LogP contribution in [0, 0.1) is 0 Å². The lowest BCUT2D eigenvalue weighted by Crippen LogP contribution is -2.28. The Bertz CT molecular complexity index is 668. The van der Waals surface area contributed by atoms with Crippen LogP contribution in [0.15, 0.2) is 5.16 Å². The van der Waals surface area contributed by atoms with Crippen LogP contribution in [0.3, 0.4) is 0 Å². The van der Waals surface area contributed by atoms with E-state index in [9.17, 15) is 0 Å². The molecule has 2 heterocycles. The maximum Gasteiger partial charge on any atom is 0.190 e. The number of anilines is 1. The van der Waals surface area contributed by atoms with Crippen molar-refractivity contribution in [2.45, 2.75) is 30.8 Å². The van der Waals surface area contributed by atoms with Crippen LogP contribution in [-0.2, 0) is 12.8 Å². The number of thiophene rings is 1. The number of nitrogen functional groups attached to an aromatic ring is 1. The van der Waals surface area contributed by atoms with Crippen LogP contribution < -0.4 is 11.1 Å². The molecule has 3 N–H and O–H groups in total. The van der Waals surface area contributed by atoms with Crippen LogP contribution in [0.1, 0.15) is 23.3 Å². The molecule has 7 heteroatoms. The van der Waals surface area contributed by atoms with Crippen LogP contribution in [0.5, 0.6) is 0 Å². The third kappa shape index (κ3) is 4.15. The van der Waals surface area contributed by atoms with Crippen LogP contribution in [0.2, 0.25) is 0 Å². The molecule has 0 fully saturated rings. The van der Waals surface area contributed by atoms with Gasteiger partial charge in [0.25, 0.3) is 0 Å². The number of fused-ring (bicyclic) bond motifs is 3. The molecule has 126 valence electrons. The van der Waals surface area contributed by atoms with Crippen LogP contribution in [0.4, 0.5) is 5.82 Å². The summed E-state index contributed by atoms with van der Waals surface area (Å²) in [6.45, 7) is 3.02. The molecule has 23 heavy (non-hydrogen) atoms. The van der Waals surface area contributed by atoms with E-state index in [0.29, 0.717) is 5.82 Å². The van der Waals surface area contributed by atoms with Crippen molar-refractivity contribution in [3.05, 3.63) is 10.4 Å². The molecule has 5 nitrogen and oxygen atoms in total. The van der Waals surface area contributed by atoms with Gasteiger partial charge in [0, 0.05) is 30.3 Å². The Morgan fingerprint density at radius 1 is 1.22 bits per heavy atom. The fourth-order valence-corrected chi connectivity index (χ4v) is 4.95. The summed E-state index contributed by atoms with van der Waals surface area (Å²) in [6.07, 6.45) is 4.85. The molecule has 0 atom stereocenters. The molecule has 0 saturated carbocycles. The topological polar surface area (TPSA) is 67.1 Å². The Labute approximate surface area is 146 Å². The minimum Gasteiger partial charge on any atom is -0.383 e. The third-order valence-corrected chi connectivity index (χ3v) is 6.10. The van der Waals surface area contributed by atoms with Gasteiger partial charge in [-0.3, -0.25) is 0 Å². The Hall–Kier alpha value is -0.890. The average Bonchev–Trinajstić information content (AvgIpc) is 2.89. The number of nitrogens with one attached hydrogen (secondary N) is 1. The van der Waals surface area contributed by atoms with Gasteiger partial charge in [-0.25, -0.2) is 9.97 Å². The van der Waals surface area contributed by atoms with E-state index in [2.05, 4.69) is 29.3 Å². The number of thioether (sulfide) groups is 1. The maximum atomic E-state index is 6.23. The SMILES string of the molecule is CN(C)CCNCCSc1nc(N)c2c3c(sc2n1)CCCC3. The molecule has 0 aliphatic heterocycles. The van der Waals surface area contributed by atoms with Crippen molar-refractivity contribution < 1.29 is 0 Å². The van der Waals surface area contributed by atoms with E-state index >= 15 is 0 Å². The maximum absolute atomic E-state index is 6.23. The van der Waals surface area contributed by atoms with E-state index in [1.165, 1.54) is 29.7 Å². The molecule has 0 amide bonds. The smallest absolute Gasteiger partial charge is 0.190 e. The summed E-state index contributed by atoms with van der Waals surface area (Å²) < 4.78 is 0. The lowest BCUT2D eigenvalue weighted by atomic mass is 9.97. The third-order valence-electron chi connectivity index (χ3n) is 4.07. The predicted molar refractivity (Wildman–Crippen MR) is 101 cm³/mol. The first-order chi connectivity index (χ1) is 11.1. The van der Waals surface area contributed by atoms with Gasteiger partial charge in [0.2, 0.25) is 0 Å². The fourth-order valence-electron chi connectivity index (χ4n) is 2.87. The van der Waals surface area contributed by atoms with Gasteiger partial charge < -0.3 is 16.0 Å². The molecular formula is C16H25N5S2. The number of hydrogen-bond donors (Lipinski definition) is 2. The number of aromatic nitrogens is 2. The van der Waals surface area contributed by atoms with Gasteiger partial charge >= 0.3 is 0 Å². The van der Waals surface area contributed by atoms with Crippen LogP contribution >= 0.6 is 23.1 Å². The minimum absolute atomic E-state index is 0.664. The molecule has 0 unspecified atom stereocenters. The van der Waals surface area contributed by atoms with E-state index in [4.69, 9.17) is 10.7 Å². The van der Waals surface area contributed by atoms with Gasteiger partial charge in [-0.15, -0.1) is 11.3 Å². The summed E-state index contributed by atoms with van der Waals surface area (Å²) in [6, 6.07) is 0. The summed E-state index contributed by atoms with van der Waals surface area (Å²) in [5.74, 6) is 1.63. The lowest BCUT2D eigenvalue weighted by molar-refractivity contribution is 0.403. The molecule has 0 spiro atoms. The first kappa shape index (κ1) is 17.0. The highest BCUT2D eigenvalue weighted by molar-refractivity contribution is 7.99. The monoisotopic (exact) mass is 351 g/mol. The number of nitrogens with zero attached hydrogens (tertiary/aromatic N) is 3. The summed E-state index contributed by atoms with van der Waals surface area (Å²) in [5.41, 5.74) is 7.64. The van der Waals surface area contributed by atoms with Crippen LogP contribution in [-0.4, -0.2) is 54.4 Å². The summed E-state index contributed by atoms with van der Waals surface area (Å²) in [5, 5.41) is 5.36. The number of nitrogens with two attached hydrogens (primary N) is 1. The average molecular weight is 352 g/mol. The van der Waals surface area contributed by atoms with E-state index in [1.807, 2.05) is 11.3 Å².